The second-order valence-electron chi connectivity index (χ2n) is 9.57. The standard InChI is InChI=1S/C28H34N6O2/c1-3-24-26(21-5-7-25(29)30-17-21)27(32-18-31-24)20-4-6-23(19(2)16-20)28(35)34-10-8-22(9-11-34)33-12-14-36-15-13-33/h4-7,16-18,22H,3,8-15H2,1-2H3,(H2,29,30). The van der Waals surface area contributed by atoms with Crippen LogP contribution in [0.15, 0.2) is 42.9 Å². The number of nitrogens with zero attached hydrogens (tertiary/aromatic N) is 5. The smallest absolute Gasteiger partial charge is 0.254 e. The molecule has 3 aromatic rings. The molecule has 1 aromatic carbocycles. The third-order valence-corrected chi connectivity index (χ3v) is 7.38. The lowest BCUT2D eigenvalue weighted by Crippen LogP contribution is -2.50. The van der Waals surface area contributed by atoms with E-state index in [0.29, 0.717) is 11.9 Å². The fraction of sp³-hybridized carbons (Fsp3) is 0.429. The minimum atomic E-state index is 0.111. The lowest BCUT2D eigenvalue weighted by Gasteiger charge is -2.40. The average Bonchev–Trinajstić information content (AvgIpc) is 2.93. The van der Waals surface area contributed by atoms with E-state index in [9.17, 15) is 4.79 Å². The molecule has 2 aliphatic rings. The van der Waals surface area contributed by atoms with E-state index < -0.39 is 0 Å². The zero-order valence-electron chi connectivity index (χ0n) is 21.1. The van der Waals surface area contributed by atoms with Gasteiger partial charge >= 0.3 is 0 Å². The van der Waals surface area contributed by atoms with Crippen molar-refractivity contribution < 1.29 is 9.53 Å². The van der Waals surface area contributed by atoms with Crippen molar-refractivity contribution in [2.75, 3.05) is 45.1 Å². The van der Waals surface area contributed by atoms with Crippen molar-refractivity contribution in [2.24, 2.45) is 0 Å². The van der Waals surface area contributed by atoms with Gasteiger partial charge in [-0.3, -0.25) is 9.69 Å². The quantitative estimate of drug-likeness (QED) is 0.588. The first-order valence-corrected chi connectivity index (χ1v) is 12.8. The number of pyridine rings is 1. The number of hydrogen-bond donors (Lipinski definition) is 1. The topological polar surface area (TPSA) is 97.5 Å². The lowest BCUT2D eigenvalue weighted by atomic mass is 9.95. The van der Waals surface area contributed by atoms with Crippen molar-refractivity contribution in [1.29, 1.82) is 0 Å². The maximum atomic E-state index is 13.4. The minimum absolute atomic E-state index is 0.111. The van der Waals surface area contributed by atoms with Gasteiger partial charge in [0.1, 0.15) is 12.1 Å². The molecule has 5 rings (SSSR count). The molecule has 36 heavy (non-hydrogen) atoms. The number of carbonyl (C=O) groups excluding carboxylic acids is 1. The molecule has 2 saturated heterocycles. The summed E-state index contributed by atoms with van der Waals surface area (Å²) in [6, 6.07) is 10.3. The van der Waals surface area contributed by atoms with Crippen LogP contribution in [0.25, 0.3) is 22.4 Å². The van der Waals surface area contributed by atoms with Gasteiger partial charge in [0.25, 0.3) is 5.91 Å². The molecule has 2 aromatic heterocycles. The zero-order valence-corrected chi connectivity index (χ0v) is 21.1. The number of rotatable bonds is 5. The van der Waals surface area contributed by atoms with Crippen LogP contribution >= 0.6 is 0 Å². The Morgan fingerprint density at radius 3 is 2.44 bits per heavy atom. The van der Waals surface area contributed by atoms with E-state index in [2.05, 4.69) is 32.8 Å². The van der Waals surface area contributed by atoms with Gasteiger partial charge in [-0.05, 0) is 56.0 Å². The maximum Gasteiger partial charge on any atom is 0.254 e. The fourth-order valence-corrected chi connectivity index (χ4v) is 5.36. The van der Waals surface area contributed by atoms with Crippen LogP contribution in [0.3, 0.4) is 0 Å². The van der Waals surface area contributed by atoms with Crippen LogP contribution < -0.4 is 5.73 Å². The van der Waals surface area contributed by atoms with E-state index in [1.54, 1.807) is 18.6 Å². The molecule has 0 aliphatic carbocycles. The van der Waals surface area contributed by atoms with Gasteiger partial charge in [-0.2, -0.15) is 0 Å². The van der Waals surface area contributed by atoms with E-state index in [1.165, 1.54) is 0 Å². The number of anilines is 1. The van der Waals surface area contributed by atoms with Gasteiger partial charge in [0.2, 0.25) is 0 Å². The van der Waals surface area contributed by atoms with Crippen molar-refractivity contribution in [3.63, 3.8) is 0 Å². The first kappa shape index (κ1) is 24.3. The molecule has 0 unspecified atom stereocenters. The number of likely N-dealkylation sites (tertiary alicyclic amines) is 1. The van der Waals surface area contributed by atoms with E-state index >= 15 is 0 Å². The van der Waals surface area contributed by atoms with Gasteiger partial charge in [-0.15, -0.1) is 0 Å². The molecule has 8 heteroatoms. The molecule has 188 valence electrons. The van der Waals surface area contributed by atoms with Gasteiger partial charge in [0.05, 0.1) is 24.6 Å². The molecule has 4 heterocycles. The zero-order chi connectivity index (χ0) is 25.1. The summed E-state index contributed by atoms with van der Waals surface area (Å²) < 4.78 is 5.49. The van der Waals surface area contributed by atoms with Crippen molar-refractivity contribution in [1.82, 2.24) is 24.8 Å². The Morgan fingerprint density at radius 1 is 1.03 bits per heavy atom. The number of carbonyl (C=O) groups is 1. The van der Waals surface area contributed by atoms with Gasteiger partial charge in [0, 0.05) is 60.7 Å². The van der Waals surface area contributed by atoms with E-state index in [4.69, 9.17) is 10.5 Å². The number of aryl methyl sites for hydroxylation is 2. The third-order valence-electron chi connectivity index (χ3n) is 7.38. The molecule has 2 fully saturated rings. The SMILES string of the molecule is CCc1ncnc(-c2ccc(C(=O)N3CCC(N4CCOCC4)CC3)c(C)c2)c1-c1ccc(N)nc1. The molecule has 0 atom stereocenters. The second-order valence-corrected chi connectivity index (χ2v) is 9.57. The Kier molecular flexibility index (Phi) is 7.25. The minimum Gasteiger partial charge on any atom is -0.384 e. The Morgan fingerprint density at radius 2 is 1.78 bits per heavy atom. The van der Waals surface area contributed by atoms with E-state index in [1.807, 2.05) is 30.0 Å². The molecule has 0 radical (unpaired) electrons. The predicted octanol–water partition coefficient (Wildman–Crippen LogP) is 3.60. The van der Waals surface area contributed by atoms with Crippen molar-refractivity contribution in [2.45, 2.75) is 39.2 Å². The first-order chi connectivity index (χ1) is 17.5. The molecular weight excluding hydrogens is 452 g/mol. The molecule has 0 saturated carbocycles. The van der Waals surface area contributed by atoms with Crippen LogP contribution in [-0.4, -0.2) is 76.1 Å². The largest absolute Gasteiger partial charge is 0.384 e. The van der Waals surface area contributed by atoms with E-state index in [0.717, 1.165) is 97.9 Å². The Balaban J connectivity index is 1.36. The molecule has 8 nitrogen and oxygen atoms in total. The summed E-state index contributed by atoms with van der Waals surface area (Å²) in [6.07, 6.45) is 6.17. The number of piperidine rings is 1. The highest BCUT2D eigenvalue weighted by Crippen LogP contribution is 2.34. The molecule has 2 N–H and O–H groups in total. The molecular formula is C28H34N6O2. The monoisotopic (exact) mass is 486 g/mol. The lowest BCUT2D eigenvalue weighted by molar-refractivity contribution is 0.00158. The Bertz CT molecular complexity index is 1220. The summed E-state index contributed by atoms with van der Waals surface area (Å²) in [4.78, 5) is 31.4. The summed E-state index contributed by atoms with van der Waals surface area (Å²) in [5.74, 6) is 0.585. The van der Waals surface area contributed by atoms with Gasteiger partial charge in [-0.1, -0.05) is 13.0 Å². The number of aromatic nitrogens is 3. The number of benzene rings is 1. The highest BCUT2D eigenvalue weighted by atomic mass is 16.5. The number of morpholine rings is 1. The van der Waals surface area contributed by atoms with Crippen LogP contribution in [0.2, 0.25) is 0 Å². The molecule has 2 aliphatic heterocycles. The van der Waals surface area contributed by atoms with Gasteiger partial charge in [0.15, 0.2) is 0 Å². The number of hydrogen-bond acceptors (Lipinski definition) is 7. The van der Waals surface area contributed by atoms with E-state index in [-0.39, 0.29) is 5.91 Å². The van der Waals surface area contributed by atoms with Gasteiger partial charge < -0.3 is 15.4 Å². The Hall–Kier alpha value is -3.36. The third kappa shape index (κ3) is 4.96. The van der Waals surface area contributed by atoms with Crippen LogP contribution in [0.1, 0.15) is 41.4 Å². The highest BCUT2D eigenvalue weighted by Gasteiger charge is 2.29. The summed E-state index contributed by atoms with van der Waals surface area (Å²) >= 11 is 0. The molecule has 0 bridgehead atoms. The summed E-state index contributed by atoms with van der Waals surface area (Å²) in [6.45, 7) is 9.29. The average molecular weight is 487 g/mol. The highest BCUT2D eigenvalue weighted by molar-refractivity contribution is 5.96. The van der Waals surface area contributed by atoms with Crippen LogP contribution in [0, 0.1) is 6.92 Å². The summed E-state index contributed by atoms with van der Waals surface area (Å²) in [5, 5.41) is 0. The molecule has 1 amide bonds. The van der Waals surface area contributed by atoms with Crippen LogP contribution in [0.4, 0.5) is 5.82 Å². The second kappa shape index (κ2) is 10.7. The van der Waals surface area contributed by atoms with Gasteiger partial charge in [-0.25, -0.2) is 15.0 Å². The van der Waals surface area contributed by atoms with Crippen LogP contribution in [0.5, 0.6) is 0 Å². The number of nitrogen functional groups attached to an aromatic ring is 1. The maximum absolute atomic E-state index is 13.4. The predicted molar refractivity (Wildman–Crippen MR) is 141 cm³/mol. The molecule has 0 spiro atoms. The van der Waals surface area contributed by atoms with Crippen molar-refractivity contribution in [3.05, 3.63) is 59.7 Å². The summed E-state index contributed by atoms with van der Waals surface area (Å²) in [5.41, 5.74) is 12.1. The van der Waals surface area contributed by atoms with Crippen molar-refractivity contribution >= 4 is 11.7 Å². The van der Waals surface area contributed by atoms with Crippen molar-refractivity contribution in [3.8, 4) is 22.4 Å². The summed E-state index contributed by atoms with van der Waals surface area (Å²) in [7, 11) is 0. The number of amides is 1. The number of nitrogens with two attached hydrogens (primary N) is 1. The van der Waals surface area contributed by atoms with Crippen LogP contribution in [-0.2, 0) is 11.2 Å². The number of ether oxygens (including phenoxy) is 1. The fourth-order valence-electron chi connectivity index (χ4n) is 5.36. The first-order valence-electron chi connectivity index (χ1n) is 12.8. The Labute approximate surface area is 212 Å². The normalized spacial score (nSPS) is 17.3.